The first kappa shape index (κ1) is 9.07. The maximum absolute atomic E-state index is 10.6. The Hall–Kier alpha value is -0.930. The van der Waals surface area contributed by atoms with Gasteiger partial charge in [0, 0.05) is 11.3 Å². The van der Waals surface area contributed by atoms with Crippen molar-refractivity contribution in [2.75, 3.05) is 6.54 Å². The van der Waals surface area contributed by atoms with Gasteiger partial charge < -0.3 is 0 Å². The Morgan fingerprint density at radius 3 is 2.60 bits per heavy atom. The predicted octanol–water partition coefficient (Wildman–Crippen LogP) is 1.02. The summed E-state index contributed by atoms with van der Waals surface area (Å²) in [5.74, 6) is -0.271. The van der Waals surface area contributed by atoms with Crippen LogP contribution in [0, 0.1) is 10.1 Å². The number of ketones is 1. The lowest BCUT2D eigenvalue weighted by Gasteiger charge is -1.91. The molecule has 0 rings (SSSR count). The van der Waals surface area contributed by atoms with Crippen LogP contribution in [0.25, 0.3) is 0 Å². The lowest BCUT2D eigenvalue weighted by atomic mass is 10.2. The number of carbonyl (C=O) groups is 1. The molecule has 0 bridgehead atoms. The van der Waals surface area contributed by atoms with Crippen LogP contribution in [0.5, 0.6) is 0 Å². The van der Waals surface area contributed by atoms with Gasteiger partial charge in [-0.1, -0.05) is 13.3 Å². The first-order valence-electron chi connectivity index (χ1n) is 3.30. The minimum Gasteiger partial charge on any atom is -0.292 e. The molecule has 0 aromatic rings. The van der Waals surface area contributed by atoms with E-state index in [1.54, 1.807) is 0 Å². The molecular formula is C6H11NO3. The third kappa shape index (κ3) is 5.21. The lowest BCUT2D eigenvalue weighted by Crippen LogP contribution is -2.12. The van der Waals surface area contributed by atoms with E-state index in [9.17, 15) is 14.9 Å². The van der Waals surface area contributed by atoms with Crippen LogP contribution in [0.1, 0.15) is 26.2 Å². The fraction of sp³-hybridized carbons (Fsp3) is 0.833. The fourth-order valence-electron chi connectivity index (χ4n) is 0.597. The van der Waals surface area contributed by atoms with E-state index in [0.717, 1.165) is 12.8 Å². The normalized spacial score (nSPS) is 9.30. The summed E-state index contributed by atoms with van der Waals surface area (Å²) >= 11 is 0. The van der Waals surface area contributed by atoms with E-state index in [1.807, 2.05) is 6.92 Å². The van der Waals surface area contributed by atoms with E-state index < -0.39 is 11.5 Å². The van der Waals surface area contributed by atoms with E-state index in [4.69, 9.17) is 0 Å². The summed E-state index contributed by atoms with van der Waals surface area (Å²) in [5, 5.41) is 9.76. The lowest BCUT2D eigenvalue weighted by molar-refractivity contribution is -0.467. The van der Waals surface area contributed by atoms with Gasteiger partial charge in [0.1, 0.15) is 0 Å². The van der Waals surface area contributed by atoms with Gasteiger partial charge in [0.05, 0.1) is 0 Å². The second kappa shape index (κ2) is 4.90. The molecule has 4 nitrogen and oxygen atoms in total. The maximum Gasteiger partial charge on any atom is 0.261 e. The third-order valence-corrected chi connectivity index (χ3v) is 1.11. The van der Waals surface area contributed by atoms with E-state index in [0.29, 0.717) is 6.42 Å². The van der Waals surface area contributed by atoms with Crippen LogP contribution in [-0.2, 0) is 4.79 Å². The Kier molecular flexibility index (Phi) is 4.45. The maximum atomic E-state index is 10.6. The van der Waals surface area contributed by atoms with Crippen LogP contribution in [0.15, 0.2) is 0 Å². The first-order chi connectivity index (χ1) is 4.66. The zero-order valence-electron chi connectivity index (χ0n) is 6.00. The van der Waals surface area contributed by atoms with Crippen LogP contribution >= 0.6 is 0 Å². The monoisotopic (exact) mass is 145 g/mol. The molecule has 0 unspecified atom stereocenters. The summed E-state index contributed by atoms with van der Waals surface area (Å²) in [6.45, 7) is 1.43. The zero-order valence-corrected chi connectivity index (χ0v) is 6.00. The Morgan fingerprint density at radius 1 is 1.60 bits per heavy atom. The molecule has 0 spiro atoms. The standard InChI is InChI=1S/C6H11NO3/c1-2-3-4-6(8)5-7(9)10/h2-5H2,1H3. The highest BCUT2D eigenvalue weighted by Gasteiger charge is 2.07. The number of Topliss-reactive ketones (excluding diaryl/α,β-unsaturated/α-hetero) is 1. The molecule has 0 aromatic heterocycles. The van der Waals surface area contributed by atoms with Crippen molar-refractivity contribution in [1.29, 1.82) is 0 Å². The van der Waals surface area contributed by atoms with Crippen LogP contribution in [0.4, 0.5) is 0 Å². The van der Waals surface area contributed by atoms with Gasteiger partial charge in [-0.15, -0.1) is 0 Å². The number of hydrogen-bond donors (Lipinski definition) is 0. The van der Waals surface area contributed by atoms with Crippen molar-refractivity contribution >= 4 is 5.78 Å². The van der Waals surface area contributed by atoms with Gasteiger partial charge >= 0.3 is 0 Å². The van der Waals surface area contributed by atoms with Gasteiger partial charge in [0.25, 0.3) is 6.54 Å². The highest BCUT2D eigenvalue weighted by molar-refractivity contribution is 5.79. The smallest absolute Gasteiger partial charge is 0.261 e. The van der Waals surface area contributed by atoms with Gasteiger partial charge in [-0.05, 0) is 6.42 Å². The van der Waals surface area contributed by atoms with Crippen molar-refractivity contribution in [1.82, 2.24) is 0 Å². The molecule has 0 saturated heterocycles. The Balaban J connectivity index is 3.35. The molecule has 0 fully saturated rings. The number of unbranched alkanes of at least 4 members (excludes halogenated alkanes) is 1. The van der Waals surface area contributed by atoms with Crippen LogP contribution < -0.4 is 0 Å². The molecule has 0 radical (unpaired) electrons. The summed E-state index contributed by atoms with van der Waals surface area (Å²) in [5.41, 5.74) is 0. The van der Waals surface area contributed by atoms with E-state index in [1.165, 1.54) is 0 Å². The predicted molar refractivity (Wildman–Crippen MR) is 36.4 cm³/mol. The minimum absolute atomic E-state index is 0.271. The molecule has 0 aliphatic carbocycles. The summed E-state index contributed by atoms with van der Waals surface area (Å²) < 4.78 is 0. The van der Waals surface area contributed by atoms with E-state index in [-0.39, 0.29) is 5.78 Å². The fourth-order valence-corrected chi connectivity index (χ4v) is 0.597. The number of carbonyl (C=O) groups excluding carboxylic acids is 1. The Morgan fingerprint density at radius 2 is 2.20 bits per heavy atom. The van der Waals surface area contributed by atoms with Crippen molar-refractivity contribution in [3.05, 3.63) is 10.1 Å². The molecule has 0 atom stereocenters. The number of nitrogens with zero attached hydrogens (tertiary/aromatic N) is 1. The average molecular weight is 145 g/mol. The van der Waals surface area contributed by atoms with Crippen molar-refractivity contribution in [2.24, 2.45) is 0 Å². The largest absolute Gasteiger partial charge is 0.292 e. The zero-order chi connectivity index (χ0) is 7.98. The van der Waals surface area contributed by atoms with Gasteiger partial charge in [-0.3, -0.25) is 14.9 Å². The minimum atomic E-state index is -0.585. The molecule has 0 saturated carbocycles. The topological polar surface area (TPSA) is 60.2 Å². The van der Waals surface area contributed by atoms with Crippen molar-refractivity contribution in [3.63, 3.8) is 0 Å². The van der Waals surface area contributed by atoms with E-state index >= 15 is 0 Å². The molecule has 58 valence electrons. The molecule has 0 heterocycles. The van der Waals surface area contributed by atoms with Crippen molar-refractivity contribution in [2.45, 2.75) is 26.2 Å². The second-order valence-corrected chi connectivity index (χ2v) is 2.13. The van der Waals surface area contributed by atoms with Crippen LogP contribution in [0.3, 0.4) is 0 Å². The molecule has 0 amide bonds. The van der Waals surface area contributed by atoms with Crippen LogP contribution in [0.2, 0.25) is 0 Å². The Labute approximate surface area is 59.4 Å². The quantitative estimate of drug-likeness (QED) is 0.428. The molecule has 4 heteroatoms. The second-order valence-electron chi connectivity index (χ2n) is 2.13. The molecule has 0 aliphatic heterocycles. The molecule has 0 aromatic carbocycles. The molecule has 0 N–H and O–H groups in total. The molecule has 10 heavy (non-hydrogen) atoms. The van der Waals surface area contributed by atoms with E-state index in [2.05, 4.69) is 0 Å². The Bertz CT molecular complexity index is 133. The number of nitro groups is 1. The average Bonchev–Trinajstić information content (AvgIpc) is 1.82. The summed E-state index contributed by atoms with van der Waals surface area (Å²) in [7, 11) is 0. The highest BCUT2D eigenvalue weighted by Crippen LogP contribution is 1.94. The van der Waals surface area contributed by atoms with Crippen molar-refractivity contribution in [3.8, 4) is 0 Å². The van der Waals surface area contributed by atoms with Gasteiger partial charge in [-0.25, -0.2) is 0 Å². The first-order valence-corrected chi connectivity index (χ1v) is 3.30. The SMILES string of the molecule is CCCCC(=O)C[N+](=O)[O-]. The molecular weight excluding hydrogens is 134 g/mol. The van der Waals surface area contributed by atoms with Gasteiger partial charge in [0.2, 0.25) is 5.78 Å². The summed E-state index contributed by atoms with van der Waals surface area (Å²) in [6.07, 6.45) is 2.01. The van der Waals surface area contributed by atoms with Gasteiger partial charge in [0.15, 0.2) is 0 Å². The third-order valence-electron chi connectivity index (χ3n) is 1.11. The van der Waals surface area contributed by atoms with Gasteiger partial charge in [-0.2, -0.15) is 0 Å². The summed E-state index contributed by atoms with van der Waals surface area (Å²) in [6, 6.07) is 0. The van der Waals surface area contributed by atoms with Crippen LogP contribution in [-0.4, -0.2) is 17.3 Å². The van der Waals surface area contributed by atoms with Crippen molar-refractivity contribution < 1.29 is 9.72 Å². The summed E-state index contributed by atoms with van der Waals surface area (Å²) in [4.78, 5) is 19.7. The molecule has 0 aliphatic rings. The number of rotatable bonds is 5. The highest BCUT2D eigenvalue weighted by atomic mass is 16.6. The number of hydrogen-bond acceptors (Lipinski definition) is 3.